The third-order valence-corrected chi connectivity index (χ3v) is 5.16. The van der Waals surface area contributed by atoms with Gasteiger partial charge >= 0.3 is 5.97 Å². The molecule has 1 aliphatic carbocycles. The number of esters is 1. The second-order valence-corrected chi connectivity index (χ2v) is 7.41. The summed E-state index contributed by atoms with van der Waals surface area (Å²) in [6.45, 7) is 4.41. The minimum atomic E-state index is -0.506. The van der Waals surface area contributed by atoms with E-state index in [4.69, 9.17) is 9.47 Å². The lowest BCUT2D eigenvalue weighted by Crippen LogP contribution is -2.29. The van der Waals surface area contributed by atoms with E-state index in [1.165, 1.54) is 56.1 Å². The van der Waals surface area contributed by atoms with E-state index in [1.807, 2.05) is 19.1 Å². The Morgan fingerprint density at radius 2 is 1.78 bits per heavy atom. The van der Waals surface area contributed by atoms with Crippen LogP contribution >= 0.6 is 0 Å². The Labute approximate surface area is 165 Å². The van der Waals surface area contributed by atoms with Crippen molar-refractivity contribution in [2.45, 2.75) is 90.6 Å². The summed E-state index contributed by atoms with van der Waals surface area (Å²) >= 11 is 0. The maximum atomic E-state index is 12.2. The van der Waals surface area contributed by atoms with Crippen molar-refractivity contribution in [1.29, 1.82) is 0 Å². The molecule has 0 N–H and O–H groups in total. The maximum absolute atomic E-state index is 12.2. The number of rotatable bonds is 10. The van der Waals surface area contributed by atoms with Gasteiger partial charge in [0.1, 0.15) is 5.75 Å². The van der Waals surface area contributed by atoms with Crippen LogP contribution in [0.25, 0.3) is 5.57 Å². The monoisotopic (exact) mass is 372 g/mol. The molecule has 1 unspecified atom stereocenters. The summed E-state index contributed by atoms with van der Waals surface area (Å²) < 4.78 is 11.2. The topological polar surface area (TPSA) is 35.5 Å². The summed E-state index contributed by atoms with van der Waals surface area (Å²) in [6.07, 6.45) is 14.7. The average molecular weight is 373 g/mol. The van der Waals surface area contributed by atoms with Gasteiger partial charge in [0.15, 0.2) is 6.10 Å². The summed E-state index contributed by atoms with van der Waals surface area (Å²) in [5.41, 5.74) is 2.72. The molecule has 0 amide bonds. The van der Waals surface area contributed by atoms with Crippen LogP contribution in [0.2, 0.25) is 0 Å². The number of allylic oxidation sites excluding steroid dienone is 2. The summed E-state index contributed by atoms with van der Waals surface area (Å²) in [6, 6.07) is 8.24. The lowest BCUT2D eigenvalue weighted by Gasteiger charge is -2.18. The number of hydrogen-bond donors (Lipinski definition) is 0. The van der Waals surface area contributed by atoms with E-state index >= 15 is 0 Å². The Hall–Kier alpha value is -1.77. The van der Waals surface area contributed by atoms with Gasteiger partial charge in [-0.2, -0.15) is 0 Å². The lowest BCUT2D eigenvalue weighted by atomic mass is 9.95. The Kier molecular flexibility index (Phi) is 10.0. The molecule has 3 heteroatoms. The van der Waals surface area contributed by atoms with Crippen molar-refractivity contribution < 1.29 is 14.3 Å². The molecule has 1 aliphatic rings. The fourth-order valence-electron chi connectivity index (χ4n) is 3.58. The molecule has 2 rings (SSSR count). The molecule has 0 radical (unpaired) electrons. The molecule has 27 heavy (non-hydrogen) atoms. The van der Waals surface area contributed by atoms with Crippen molar-refractivity contribution >= 4 is 11.5 Å². The van der Waals surface area contributed by atoms with E-state index in [0.29, 0.717) is 13.0 Å². The van der Waals surface area contributed by atoms with Crippen molar-refractivity contribution in [1.82, 2.24) is 0 Å². The summed E-state index contributed by atoms with van der Waals surface area (Å²) in [4.78, 5) is 12.2. The number of unbranched alkanes of at least 4 members (excludes halogenated alkanes) is 3. The molecule has 1 atom stereocenters. The first kappa shape index (κ1) is 21.5. The molecule has 0 aliphatic heterocycles. The Morgan fingerprint density at radius 3 is 2.52 bits per heavy atom. The fraction of sp³-hybridized carbons (Fsp3) is 0.625. The standard InChI is InChI=1S/C24H36O3/c1-3-5-6-12-15-23(24(25)26-4-2)27-22-18-16-21(17-19-22)20-13-10-8-7-9-11-14-20/h13,16-19,23H,3-12,14-15H2,1-2H3. The SMILES string of the molecule is CCCCCCC(Oc1ccc(C2=CCCCCCC2)cc1)C(=O)OCC. The highest BCUT2D eigenvalue weighted by Gasteiger charge is 2.21. The molecule has 0 saturated carbocycles. The summed E-state index contributed by atoms with van der Waals surface area (Å²) in [5, 5.41) is 0. The first-order chi connectivity index (χ1) is 13.2. The van der Waals surface area contributed by atoms with Crippen LogP contribution in [-0.4, -0.2) is 18.7 Å². The number of ether oxygens (including phenoxy) is 2. The summed E-state index contributed by atoms with van der Waals surface area (Å²) in [7, 11) is 0. The normalized spacial score (nSPS) is 16.0. The van der Waals surface area contributed by atoms with Gasteiger partial charge in [-0.3, -0.25) is 0 Å². The van der Waals surface area contributed by atoms with Crippen molar-refractivity contribution in [3.63, 3.8) is 0 Å². The first-order valence-corrected chi connectivity index (χ1v) is 10.9. The number of carbonyl (C=O) groups is 1. The van der Waals surface area contributed by atoms with Crippen LogP contribution < -0.4 is 4.74 Å². The van der Waals surface area contributed by atoms with Crippen molar-refractivity contribution in [3.8, 4) is 5.75 Å². The fourth-order valence-corrected chi connectivity index (χ4v) is 3.58. The van der Waals surface area contributed by atoms with Gasteiger partial charge in [0.05, 0.1) is 6.61 Å². The maximum Gasteiger partial charge on any atom is 0.347 e. The average Bonchev–Trinajstić information content (AvgIpc) is 2.65. The van der Waals surface area contributed by atoms with Crippen LogP contribution in [0.4, 0.5) is 0 Å². The highest BCUT2D eigenvalue weighted by Crippen LogP contribution is 2.27. The minimum absolute atomic E-state index is 0.249. The van der Waals surface area contributed by atoms with Gasteiger partial charge in [0, 0.05) is 0 Å². The largest absolute Gasteiger partial charge is 0.479 e. The molecule has 0 heterocycles. The molecule has 3 nitrogen and oxygen atoms in total. The minimum Gasteiger partial charge on any atom is -0.479 e. The van der Waals surface area contributed by atoms with E-state index in [0.717, 1.165) is 25.0 Å². The van der Waals surface area contributed by atoms with E-state index in [1.54, 1.807) is 0 Å². The predicted octanol–water partition coefficient (Wildman–Crippen LogP) is 6.71. The molecule has 0 spiro atoms. The Balaban J connectivity index is 1.98. The predicted molar refractivity (Wildman–Crippen MR) is 112 cm³/mol. The van der Waals surface area contributed by atoms with E-state index < -0.39 is 6.10 Å². The molecule has 0 bridgehead atoms. The third kappa shape index (κ3) is 7.78. The van der Waals surface area contributed by atoms with Crippen LogP contribution in [0, 0.1) is 0 Å². The summed E-state index contributed by atoms with van der Waals surface area (Å²) in [5.74, 6) is 0.500. The first-order valence-electron chi connectivity index (χ1n) is 10.9. The smallest absolute Gasteiger partial charge is 0.347 e. The van der Waals surface area contributed by atoms with E-state index in [2.05, 4.69) is 25.1 Å². The Morgan fingerprint density at radius 1 is 1.00 bits per heavy atom. The van der Waals surface area contributed by atoms with Crippen LogP contribution in [0.5, 0.6) is 5.75 Å². The molecular formula is C24H36O3. The van der Waals surface area contributed by atoms with Crippen molar-refractivity contribution in [2.75, 3.05) is 6.61 Å². The highest BCUT2D eigenvalue weighted by atomic mass is 16.6. The number of hydrogen-bond acceptors (Lipinski definition) is 3. The quantitative estimate of drug-likeness (QED) is 0.338. The van der Waals surface area contributed by atoms with Gasteiger partial charge < -0.3 is 9.47 Å². The van der Waals surface area contributed by atoms with Crippen molar-refractivity contribution in [2.24, 2.45) is 0 Å². The van der Waals surface area contributed by atoms with Crippen LogP contribution in [-0.2, 0) is 9.53 Å². The molecule has 1 aromatic carbocycles. The van der Waals surface area contributed by atoms with Gasteiger partial charge in [-0.25, -0.2) is 4.79 Å². The molecule has 1 aromatic rings. The molecule has 0 fully saturated rings. The van der Waals surface area contributed by atoms with Crippen molar-refractivity contribution in [3.05, 3.63) is 35.9 Å². The number of benzene rings is 1. The second-order valence-electron chi connectivity index (χ2n) is 7.41. The van der Waals surface area contributed by atoms with Gasteiger partial charge in [-0.05, 0) is 68.7 Å². The van der Waals surface area contributed by atoms with Gasteiger partial charge in [-0.1, -0.05) is 57.2 Å². The molecule has 0 aromatic heterocycles. The van der Waals surface area contributed by atoms with Gasteiger partial charge in [-0.15, -0.1) is 0 Å². The van der Waals surface area contributed by atoms with Crippen LogP contribution in [0.15, 0.2) is 30.3 Å². The molecule has 150 valence electrons. The Bertz CT molecular complexity index is 574. The third-order valence-electron chi connectivity index (χ3n) is 5.16. The van der Waals surface area contributed by atoms with Crippen LogP contribution in [0.1, 0.15) is 90.0 Å². The van der Waals surface area contributed by atoms with Crippen LogP contribution in [0.3, 0.4) is 0 Å². The second kappa shape index (κ2) is 12.6. The lowest BCUT2D eigenvalue weighted by molar-refractivity contribution is -0.151. The zero-order valence-electron chi connectivity index (χ0n) is 17.2. The zero-order valence-corrected chi connectivity index (χ0v) is 17.2. The zero-order chi connectivity index (χ0) is 19.3. The molecular weight excluding hydrogens is 336 g/mol. The van der Waals surface area contributed by atoms with E-state index in [-0.39, 0.29) is 5.97 Å². The van der Waals surface area contributed by atoms with Gasteiger partial charge in [0.25, 0.3) is 0 Å². The number of carbonyl (C=O) groups excluding carboxylic acids is 1. The highest BCUT2D eigenvalue weighted by molar-refractivity contribution is 5.75. The van der Waals surface area contributed by atoms with Gasteiger partial charge in [0.2, 0.25) is 0 Å². The van der Waals surface area contributed by atoms with E-state index in [9.17, 15) is 4.79 Å². The molecule has 0 saturated heterocycles.